The molecule has 0 aromatic heterocycles. The van der Waals surface area contributed by atoms with E-state index in [4.69, 9.17) is 6.58 Å². The molecule has 0 unspecified atom stereocenters. The molecule has 0 aromatic carbocycles. The summed E-state index contributed by atoms with van der Waals surface area (Å²) in [5.41, 5.74) is 0. The maximum absolute atomic E-state index is 5.04. The Kier molecular flexibility index (Phi) is 5.07. The van der Waals surface area contributed by atoms with E-state index in [1.54, 1.807) is 0 Å². The molecule has 0 heterocycles. The molecule has 0 amide bonds. The van der Waals surface area contributed by atoms with E-state index in [1.807, 2.05) is 12.2 Å². The van der Waals surface area contributed by atoms with Crippen molar-refractivity contribution < 1.29 is 0 Å². The molecule has 0 aliphatic rings. The summed E-state index contributed by atoms with van der Waals surface area (Å²) in [4.78, 5) is 0. The molecule has 0 N–H and O–H groups in total. The van der Waals surface area contributed by atoms with Gasteiger partial charge in [0.15, 0.2) is 0 Å². The molecule has 0 atom stereocenters. The van der Waals surface area contributed by atoms with Gasteiger partial charge >= 0.3 is 0 Å². The van der Waals surface area contributed by atoms with Crippen molar-refractivity contribution in [3.05, 3.63) is 31.7 Å². The molecule has 0 saturated heterocycles. The Morgan fingerprint density at radius 3 is 2.71 bits per heavy atom. The zero-order chi connectivity index (χ0) is 5.54. The molecular formula is C7H10. The topological polar surface area (TPSA) is 0 Å². The summed E-state index contributed by atoms with van der Waals surface area (Å²) in [5.74, 6) is 0. The zero-order valence-electron chi connectivity index (χ0n) is 4.43. The minimum Gasteiger partial charge on any atom is -0.0845 e. The Morgan fingerprint density at radius 1 is 1.57 bits per heavy atom. The third-order valence-corrected chi connectivity index (χ3v) is 0.618. The average molecular weight is 94.2 g/mol. The first kappa shape index (κ1) is 6.48. The third kappa shape index (κ3) is 5.48. The minimum atomic E-state index is 0.949. The molecule has 0 fully saturated rings. The van der Waals surface area contributed by atoms with Crippen LogP contribution in [0.1, 0.15) is 12.8 Å². The lowest BCUT2D eigenvalue weighted by Gasteiger charge is -1.77. The fourth-order valence-electron chi connectivity index (χ4n) is 0.293. The summed E-state index contributed by atoms with van der Waals surface area (Å²) in [6.07, 6.45) is 7.31. The first-order chi connectivity index (χ1) is 3.41. The zero-order valence-corrected chi connectivity index (χ0v) is 4.43. The molecule has 0 aromatic rings. The summed E-state index contributed by atoms with van der Waals surface area (Å²) in [6.45, 7) is 8.69. The van der Waals surface area contributed by atoms with Gasteiger partial charge in [-0.25, -0.2) is 0 Å². The quantitative estimate of drug-likeness (QED) is 0.470. The van der Waals surface area contributed by atoms with E-state index < -0.39 is 0 Å². The molecule has 38 valence electrons. The average Bonchev–Trinajstić information content (AvgIpc) is 1.69. The van der Waals surface area contributed by atoms with E-state index in [2.05, 4.69) is 6.92 Å². The van der Waals surface area contributed by atoms with Crippen molar-refractivity contribution in [2.24, 2.45) is 0 Å². The molecule has 2 radical (unpaired) electrons. The van der Waals surface area contributed by atoms with E-state index in [1.165, 1.54) is 6.08 Å². The third-order valence-electron chi connectivity index (χ3n) is 0.618. The number of rotatable bonds is 3. The molecule has 0 bridgehead atoms. The first-order valence-electron chi connectivity index (χ1n) is 2.41. The molecule has 0 rings (SSSR count). The van der Waals surface area contributed by atoms with E-state index in [-0.39, 0.29) is 0 Å². The number of unbranched alkanes of at least 4 members (excludes halogenated alkanes) is 1. The summed E-state index contributed by atoms with van der Waals surface area (Å²) >= 11 is 0. The largest absolute Gasteiger partial charge is 0.0845 e. The van der Waals surface area contributed by atoms with Crippen molar-refractivity contribution in [3.8, 4) is 0 Å². The Balaban J connectivity index is 2.92. The van der Waals surface area contributed by atoms with Crippen LogP contribution in [0.5, 0.6) is 0 Å². The minimum absolute atomic E-state index is 0.949. The number of hydrogen-bond acceptors (Lipinski definition) is 0. The van der Waals surface area contributed by atoms with Crippen LogP contribution in [0.3, 0.4) is 0 Å². The van der Waals surface area contributed by atoms with Crippen molar-refractivity contribution in [1.29, 1.82) is 0 Å². The molecular weight excluding hydrogens is 84.1 g/mol. The highest BCUT2D eigenvalue weighted by Gasteiger charge is 1.66. The Morgan fingerprint density at radius 2 is 2.29 bits per heavy atom. The highest BCUT2D eigenvalue weighted by atomic mass is 13.7. The van der Waals surface area contributed by atoms with Crippen LogP contribution in [-0.4, -0.2) is 0 Å². The second-order valence-electron chi connectivity index (χ2n) is 1.26. The van der Waals surface area contributed by atoms with Crippen molar-refractivity contribution in [3.63, 3.8) is 0 Å². The Hall–Kier alpha value is -0.520. The van der Waals surface area contributed by atoms with Gasteiger partial charge in [0.1, 0.15) is 0 Å². The van der Waals surface area contributed by atoms with Crippen LogP contribution in [0.15, 0.2) is 18.2 Å². The smallest absolute Gasteiger partial charge is 0.0348 e. The first-order valence-corrected chi connectivity index (χ1v) is 2.41. The van der Waals surface area contributed by atoms with Crippen LogP contribution in [0.2, 0.25) is 0 Å². The van der Waals surface area contributed by atoms with Crippen LogP contribution in [0.25, 0.3) is 0 Å². The Labute approximate surface area is 45.5 Å². The lowest BCUT2D eigenvalue weighted by atomic mass is 10.3. The lowest BCUT2D eigenvalue weighted by Crippen LogP contribution is -1.57. The fraction of sp³-hybridized carbons (Fsp3) is 0.286. The summed E-state index contributed by atoms with van der Waals surface area (Å²) in [7, 11) is 0. The lowest BCUT2D eigenvalue weighted by molar-refractivity contribution is 1.05. The van der Waals surface area contributed by atoms with Crippen molar-refractivity contribution >= 4 is 0 Å². The highest BCUT2D eigenvalue weighted by molar-refractivity contribution is 4.95. The highest BCUT2D eigenvalue weighted by Crippen LogP contribution is 1.86. The monoisotopic (exact) mass is 94.1 g/mol. The molecule has 0 saturated carbocycles. The van der Waals surface area contributed by atoms with Gasteiger partial charge in [0, 0.05) is 0 Å². The van der Waals surface area contributed by atoms with Crippen LogP contribution >= 0.6 is 0 Å². The summed E-state index contributed by atoms with van der Waals surface area (Å²) in [6, 6.07) is 0. The maximum atomic E-state index is 5.04. The predicted octanol–water partition coefficient (Wildman–Crippen LogP) is 2.15. The normalized spacial score (nSPS) is 9.86. The summed E-state index contributed by atoms with van der Waals surface area (Å²) < 4.78 is 0. The molecule has 0 spiro atoms. The van der Waals surface area contributed by atoms with Gasteiger partial charge in [-0.15, -0.1) is 0 Å². The van der Waals surface area contributed by atoms with Gasteiger partial charge in [0.05, 0.1) is 0 Å². The van der Waals surface area contributed by atoms with E-state index in [0.29, 0.717) is 0 Å². The van der Waals surface area contributed by atoms with E-state index in [9.17, 15) is 0 Å². The van der Waals surface area contributed by atoms with Gasteiger partial charge in [-0.3, -0.25) is 0 Å². The maximum Gasteiger partial charge on any atom is -0.0348 e. The van der Waals surface area contributed by atoms with Gasteiger partial charge < -0.3 is 0 Å². The van der Waals surface area contributed by atoms with E-state index in [0.717, 1.165) is 12.8 Å². The molecule has 0 heteroatoms. The van der Waals surface area contributed by atoms with Crippen LogP contribution in [0, 0.1) is 13.5 Å². The van der Waals surface area contributed by atoms with Crippen molar-refractivity contribution in [2.45, 2.75) is 12.8 Å². The number of allylic oxidation sites excluding steroid dienone is 3. The van der Waals surface area contributed by atoms with Crippen LogP contribution in [-0.2, 0) is 0 Å². The fourth-order valence-corrected chi connectivity index (χ4v) is 0.293. The number of hydrogen-bond donors (Lipinski definition) is 0. The van der Waals surface area contributed by atoms with Gasteiger partial charge in [-0.2, -0.15) is 0 Å². The molecule has 0 aliphatic carbocycles. The van der Waals surface area contributed by atoms with Crippen molar-refractivity contribution in [1.82, 2.24) is 0 Å². The van der Waals surface area contributed by atoms with Gasteiger partial charge in [0.2, 0.25) is 0 Å². The van der Waals surface area contributed by atoms with Gasteiger partial charge in [-0.1, -0.05) is 31.7 Å². The van der Waals surface area contributed by atoms with Crippen LogP contribution in [0.4, 0.5) is 0 Å². The molecule has 0 aliphatic heterocycles. The SMILES string of the molecule is [CH]=CC=CCC[CH2]. The van der Waals surface area contributed by atoms with Gasteiger partial charge in [0.25, 0.3) is 0 Å². The summed E-state index contributed by atoms with van der Waals surface area (Å²) in [5, 5.41) is 0. The second-order valence-corrected chi connectivity index (χ2v) is 1.26. The molecule has 0 nitrogen and oxygen atoms in total. The van der Waals surface area contributed by atoms with Gasteiger partial charge in [-0.05, 0) is 12.8 Å². The Bertz CT molecular complexity index is 60.4. The predicted molar refractivity (Wildman–Crippen MR) is 32.6 cm³/mol. The van der Waals surface area contributed by atoms with Crippen LogP contribution < -0.4 is 0 Å². The van der Waals surface area contributed by atoms with Crippen molar-refractivity contribution in [2.75, 3.05) is 0 Å². The molecule has 7 heavy (non-hydrogen) atoms. The standard InChI is InChI=1S/C7H10/c1-3-5-7-6-4-2/h1,3,5,7H,2,4,6H2. The second kappa shape index (κ2) is 5.48. The van der Waals surface area contributed by atoms with E-state index >= 15 is 0 Å².